The first kappa shape index (κ1) is 16.0. The van der Waals surface area contributed by atoms with Gasteiger partial charge in [0.2, 0.25) is 0 Å². The Morgan fingerprint density at radius 3 is 2.55 bits per heavy atom. The second-order valence-electron chi connectivity index (χ2n) is 5.18. The van der Waals surface area contributed by atoms with E-state index < -0.39 is 15.3 Å². The Hall–Kier alpha value is -2.33. The molecule has 0 fully saturated rings. The van der Waals surface area contributed by atoms with Gasteiger partial charge >= 0.3 is 0 Å². The van der Waals surface area contributed by atoms with Gasteiger partial charge in [-0.3, -0.25) is 0 Å². The van der Waals surface area contributed by atoms with Crippen molar-refractivity contribution >= 4 is 10.0 Å². The number of hydrogen-bond acceptors (Lipinski definition) is 5. The summed E-state index contributed by atoms with van der Waals surface area (Å²) in [4.78, 5) is 0. The minimum absolute atomic E-state index is 0.400. The van der Waals surface area contributed by atoms with Crippen molar-refractivity contribution in [1.29, 1.82) is 5.26 Å². The van der Waals surface area contributed by atoms with Crippen LogP contribution in [0, 0.1) is 18.3 Å². The molecule has 1 aromatic carbocycles. The van der Waals surface area contributed by atoms with Gasteiger partial charge in [0.15, 0.2) is 0 Å². The SMILES string of the molecule is COc1c(C)cc(-c2cnn(S(=O)(=O)C(C)C)c2)cc1C#N. The van der Waals surface area contributed by atoms with E-state index in [1.54, 1.807) is 19.9 Å². The fraction of sp³-hybridized carbons (Fsp3) is 0.333. The Balaban J connectivity index is 2.54. The average Bonchev–Trinajstić information content (AvgIpc) is 2.96. The molecule has 0 N–H and O–H groups in total. The fourth-order valence-electron chi connectivity index (χ4n) is 2.10. The normalized spacial score (nSPS) is 11.5. The highest BCUT2D eigenvalue weighted by molar-refractivity contribution is 7.90. The molecule has 0 unspecified atom stereocenters. The first-order valence-electron chi connectivity index (χ1n) is 6.69. The summed E-state index contributed by atoms with van der Waals surface area (Å²) in [5.41, 5.74) is 2.56. The van der Waals surface area contributed by atoms with E-state index in [0.29, 0.717) is 16.9 Å². The van der Waals surface area contributed by atoms with Crippen LogP contribution in [-0.4, -0.2) is 30.0 Å². The van der Waals surface area contributed by atoms with Crippen LogP contribution in [-0.2, 0) is 10.0 Å². The molecule has 0 aliphatic rings. The lowest BCUT2D eigenvalue weighted by Crippen LogP contribution is -2.22. The van der Waals surface area contributed by atoms with Crippen molar-refractivity contribution in [2.75, 3.05) is 7.11 Å². The summed E-state index contributed by atoms with van der Waals surface area (Å²) in [5.74, 6) is 0.522. The molecule has 1 aromatic heterocycles. The fourth-order valence-corrected chi connectivity index (χ4v) is 2.97. The van der Waals surface area contributed by atoms with Crippen LogP contribution in [0.4, 0.5) is 0 Å². The molecule has 0 amide bonds. The highest BCUT2D eigenvalue weighted by atomic mass is 32.2. The lowest BCUT2D eigenvalue weighted by atomic mass is 10.0. The minimum Gasteiger partial charge on any atom is -0.495 e. The van der Waals surface area contributed by atoms with Crippen molar-refractivity contribution < 1.29 is 13.2 Å². The highest BCUT2D eigenvalue weighted by Gasteiger charge is 2.20. The monoisotopic (exact) mass is 319 g/mol. The number of aromatic nitrogens is 2. The van der Waals surface area contributed by atoms with Gasteiger partial charge in [0.05, 0.1) is 30.3 Å². The zero-order valence-corrected chi connectivity index (χ0v) is 13.7. The second-order valence-corrected chi connectivity index (χ2v) is 7.53. The summed E-state index contributed by atoms with van der Waals surface area (Å²) in [7, 11) is -1.98. The quantitative estimate of drug-likeness (QED) is 0.863. The molecule has 1 heterocycles. The van der Waals surface area contributed by atoms with Crippen LogP contribution in [0.2, 0.25) is 0 Å². The second kappa shape index (κ2) is 5.81. The van der Waals surface area contributed by atoms with Crippen LogP contribution >= 0.6 is 0 Å². The van der Waals surface area contributed by atoms with Gasteiger partial charge in [0.1, 0.15) is 11.8 Å². The maximum Gasteiger partial charge on any atom is 0.256 e. The van der Waals surface area contributed by atoms with E-state index in [1.165, 1.54) is 19.5 Å². The average molecular weight is 319 g/mol. The summed E-state index contributed by atoms with van der Waals surface area (Å²) < 4.78 is 30.4. The van der Waals surface area contributed by atoms with E-state index >= 15 is 0 Å². The number of benzene rings is 1. The Bertz CT molecular complexity index is 845. The molecule has 0 radical (unpaired) electrons. The van der Waals surface area contributed by atoms with Gasteiger partial charge in [0.25, 0.3) is 10.0 Å². The van der Waals surface area contributed by atoms with Gasteiger partial charge in [-0.2, -0.15) is 14.4 Å². The first-order valence-corrected chi connectivity index (χ1v) is 8.19. The molecule has 0 aliphatic carbocycles. The molecule has 0 saturated heterocycles. The van der Waals surface area contributed by atoms with Crippen LogP contribution in [0.25, 0.3) is 11.1 Å². The molecule has 116 valence electrons. The van der Waals surface area contributed by atoms with Crippen LogP contribution in [0.3, 0.4) is 0 Å². The summed E-state index contributed by atoms with van der Waals surface area (Å²) in [6.07, 6.45) is 2.93. The number of methoxy groups -OCH3 is 1. The maximum absolute atomic E-state index is 12.1. The van der Waals surface area contributed by atoms with Crippen molar-refractivity contribution in [3.8, 4) is 22.9 Å². The van der Waals surface area contributed by atoms with Crippen molar-refractivity contribution in [2.45, 2.75) is 26.0 Å². The zero-order chi connectivity index (χ0) is 16.5. The van der Waals surface area contributed by atoms with Gasteiger partial charge in [-0.25, -0.2) is 8.42 Å². The first-order chi connectivity index (χ1) is 10.3. The van der Waals surface area contributed by atoms with Crippen molar-refractivity contribution in [3.63, 3.8) is 0 Å². The van der Waals surface area contributed by atoms with Crippen LogP contribution in [0.5, 0.6) is 5.75 Å². The van der Waals surface area contributed by atoms with E-state index in [1.807, 2.05) is 13.0 Å². The van der Waals surface area contributed by atoms with Crippen molar-refractivity contribution in [1.82, 2.24) is 9.19 Å². The molecule has 0 spiro atoms. The number of aryl methyl sites for hydroxylation is 1. The van der Waals surface area contributed by atoms with Crippen LogP contribution in [0.1, 0.15) is 25.0 Å². The largest absolute Gasteiger partial charge is 0.495 e. The van der Waals surface area contributed by atoms with Crippen LogP contribution in [0.15, 0.2) is 24.5 Å². The molecule has 0 aliphatic heterocycles. The number of hydrogen-bond donors (Lipinski definition) is 0. The molecular weight excluding hydrogens is 302 g/mol. The lowest BCUT2D eigenvalue weighted by Gasteiger charge is -2.09. The third kappa shape index (κ3) is 2.70. The molecule has 6 nitrogen and oxygen atoms in total. The van der Waals surface area contributed by atoms with Crippen molar-refractivity contribution in [2.24, 2.45) is 0 Å². The standard InChI is InChI=1S/C15H17N3O3S/c1-10(2)22(19,20)18-9-14(8-17-18)12-5-11(3)15(21-4)13(6-12)7-16/h5-6,8-10H,1-4H3. The molecule has 2 aromatic rings. The summed E-state index contributed by atoms with van der Waals surface area (Å²) in [5, 5.41) is 12.6. The molecule has 7 heteroatoms. The Morgan fingerprint density at radius 2 is 2.00 bits per heavy atom. The van der Waals surface area contributed by atoms with Gasteiger partial charge in [-0.1, -0.05) is 0 Å². The maximum atomic E-state index is 12.1. The van der Waals surface area contributed by atoms with Crippen molar-refractivity contribution in [3.05, 3.63) is 35.7 Å². The molecule has 2 rings (SSSR count). The van der Waals surface area contributed by atoms with E-state index in [0.717, 1.165) is 15.2 Å². The van der Waals surface area contributed by atoms with Gasteiger partial charge in [0, 0.05) is 5.56 Å². The van der Waals surface area contributed by atoms with E-state index in [-0.39, 0.29) is 0 Å². The van der Waals surface area contributed by atoms with E-state index in [9.17, 15) is 13.7 Å². The predicted octanol–water partition coefficient (Wildman–Crippen LogP) is 2.33. The molecule has 22 heavy (non-hydrogen) atoms. The predicted molar refractivity (Wildman–Crippen MR) is 83.1 cm³/mol. The highest BCUT2D eigenvalue weighted by Crippen LogP contribution is 2.30. The van der Waals surface area contributed by atoms with E-state index in [4.69, 9.17) is 4.74 Å². The van der Waals surface area contributed by atoms with Crippen LogP contribution < -0.4 is 4.74 Å². The minimum atomic E-state index is -3.49. The number of rotatable bonds is 4. The Labute approximate surface area is 130 Å². The molecule has 0 bridgehead atoms. The Kier molecular flexibility index (Phi) is 4.24. The molecule has 0 saturated carbocycles. The number of ether oxygens (including phenoxy) is 1. The van der Waals surface area contributed by atoms with Gasteiger partial charge in [-0.15, -0.1) is 0 Å². The van der Waals surface area contributed by atoms with Gasteiger partial charge < -0.3 is 4.74 Å². The van der Waals surface area contributed by atoms with E-state index in [2.05, 4.69) is 11.2 Å². The zero-order valence-electron chi connectivity index (χ0n) is 12.9. The number of nitrogens with zero attached hydrogens (tertiary/aromatic N) is 3. The topological polar surface area (TPSA) is 85.0 Å². The smallest absolute Gasteiger partial charge is 0.256 e. The molecule has 0 atom stereocenters. The summed E-state index contributed by atoms with van der Waals surface area (Å²) in [6, 6.07) is 5.58. The summed E-state index contributed by atoms with van der Waals surface area (Å²) >= 11 is 0. The third-order valence-electron chi connectivity index (χ3n) is 3.35. The number of nitriles is 1. The summed E-state index contributed by atoms with van der Waals surface area (Å²) in [6.45, 7) is 5.03. The third-order valence-corrected chi connectivity index (χ3v) is 5.26. The Morgan fingerprint density at radius 1 is 1.32 bits per heavy atom. The lowest BCUT2D eigenvalue weighted by molar-refractivity contribution is 0.410. The van der Waals surface area contributed by atoms with Gasteiger partial charge in [-0.05, 0) is 44.0 Å². The molecular formula is C15H17N3O3S.